The summed E-state index contributed by atoms with van der Waals surface area (Å²) < 4.78 is 0. The highest BCUT2D eigenvalue weighted by atomic mass is 35.5. The average molecular weight is 223 g/mol. The van der Waals surface area contributed by atoms with Crippen molar-refractivity contribution in [2.75, 3.05) is 0 Å². The van der Waals surface area contributed by atoms with Gasteiger partial charge in [-0.1, -0.05) is 33.8 Å². The van der Waals surface area contributed by atoms with Gasteiger partial charge in [0.25, 0.3) is 0 Å². The molecule has 0 saturated heterocycles. The van der Waals surface area contributed by atoms with Crippen molar-refractivity contribution in [1.29, 1.82) is 0 Å². The van der Waals surface area contributed by atoms with Crippen molar-refractivity contribution in [3.05, 3.63) is 11.6 Å². The lowest BCUT2D eigenvalue weighted by Gasteiger charge is -2.25. The maximum Gasteiger partial charge on any atom is 0.244 e. The van der Waals surface area contributed by atoms with E-state index in [-0.39, 0.29) is 29.9 Å². The van der Waals surface area contributed by atoms with Crippen molar-refractivity contribution in [1.82, 2.24) is 6.15 Å². The largest absolute Gasteiger partial charge is 0.366 e. The zero-order valence-corrected chi connectivity index (χ0v) is 10.6. The van der Waals surface area contributed by atoms with Gasteiger partial charge in [-0.05, 0) is 18.3 Å². The maximum atomic E-state index is 10.8. The van der Waals surface area contributed by atoms with E-state index in [2.05, 4.69) is 27.7 Å². The summed E-state index contributed by atoms with van der Waals surface area (Å²) in [6, 6.07) is 0. The third kappa shape index (κ3) is 6.00. The van der Waals surface area contributed by atoms with Crippen LogP contribution < -0.4 is 11.9 Å². The third-order valence-corrected chi connectivity index (χ3v) is 2.47. The number of rotatable bonds is 3. The summed E-state index contributed by atoms with van der Waals surface area (Å²) in [5, 5.41) is 0. The maximum absolute atomic E-state index is 10.8. The second kappa shape index (κ2) is 6.85. The Kier molecular flexibility index (Phi) is 9.34. The number of primary amides is 1. The molecule has 0 radical (unpaired) electrons. The molecule has 14 heavy (non-hydrogen) atoms. The minimum absolute atomic E-state index is 0. The SMILES string of the molecule is CC(=CC(C)(C)C(C)C)C(N)=O.Cl.N. The molecule has 0 aliphatic heterocycles. The minimum atomic E-state index is -0.330. The Morgan fingerprint density at radius 3 is 1.93 bits per heavy atom. The smallest absolute Gasteiger partial charge is 0.244 e. The van der Waals surface area contributed by atoms with Gasteiger partial charge in [-0.3, -0.25) is 4.79 Å². The van der Waals surface area contributed by atoms with E-state index < -0.39 is 0 Å². The van der Waals surface area contributed by atoms with E-state index in [9.17, 15) is 4.79 Å². The van der Waals surface area contributed by atoms with Crippen LogP contribution in [0.5, 0.6) is 0 Å². The monoisotopic (exact) mass is 222 g/mol. The number of hydrogen-bond donors (Lipinski definition) is 2. The molecule has 0 bridgehead atoms. The Labute approximate surface area is 93.1 Å². The van der Waals surface area contributed by atoms with Crippen molar-refractivity contribution in [2.24, 2.45) is 17.1 Å². The second-order valence-electron chi connectivity index (χ2n) is 4.17. The molecule has 0 heterocycles. The molecule has 0 saturated carbocycles. The number of amides is 1. The first-order chi connectivity index (χ1) is 5.27. The molecule has 4 heteroatoms. The molecular weight excluding hydrogens is 200 g/mol. The van der Waals surface area contributed by atoms with Gasteiger partial charge >= 0.3 is 0 Å². The quantitative estimate of drug-likeness (QED) is 0.721. The van der Waals surface area contributed by atoms with Gasteiger partial charge < -0.3 is 11.9 Å². The Morgan fingerprint density at radius 2 is 1.71 bits per heavy atom. The van der Waals surface area contributed by atoms with Crippen LogP contribution >= 0.6 is 12.4 Å². The summed E-state index contributed by atoms with van der Waals surface area (Å²) in [5.41, 5.74) is 5.82. The van der Waals surface area contributed by atoms with Gasteiger partial charge in [-0.15, -0.1) is 12.4 Å². The number of carbonyl (C=O) groups is 1. The van der Waals surface area contributed by atoms with Crippen LogP contribution in [0.4, 0.5) is 0 Å². The van der Waals surface area contributed by atoms with Gasteiger partial charge in [0.15, 0.2) is 0 Å². The van der Waals surface area contributed by atoms with E-state index in [1.807, 2.05) is 6.08 Å². The average Bonchev–Trinajstić information content (AvgIpc) is 1.85. The first-order valence-electron chi connectivity index (χ1n) is 4.26. The topological polar surface area (TPSA) is 78.1 Å². The molecule has 1 amide bonds. The molecule has 0 spiro atoms. The molecular formula is C10H23ClN2O. The fourth-order valence-corrected chi connectivity index (χ4v) is 0.796. The van der Waals surface area contributed by atoms with Crippen molar-refractivity contribution < 1.29 is 4.79 Å². The zero-order chi connectivity index (χ0) is 9.94. The highest BCUT2D eigenvalue weighted by Crippen LogP contribution is 2.28. The van der Waals surface area contributed by atoms with Crippen LogP contribution in [0.15, 0.2) is 11.6 Å². The predicted octanol–water partition coefficient (Wildman–Crippen LogP) is 2.68. The van der Waals surface area contributed by atoms with E-state index in [1.54, 1.807) is 6.92 Å². The lowest BCUT2D eigenvalue weighted by molar-refractivity contribution is -0.114. The lowest BCUT2D eigenvalue weighted by atomic mass is 9.80. The van der Waals surface area contributed by atoms with Gasteiger partial charge in [0.1, 0.15) is 0 Å². The highest BCUT2D eigenvalue weighted by Gasteiger charge is 2.20. The molecule has 3 nitrogen and oxygen atoms in total. The molecule has 0 aromatic rings. The molecule has 86 valence electrons. The number of halogens is 1. The highest BCUT2D eigenvalue weighted by molar-refractivity contribution is 5.91. The molecule has 0 aliphatic rings. The Morgan fingerprint density at radius 1 is 1.36 bits per heavy atom. The van der Waals surface area contributed by atoms with Crippen LogP contribution in [0.3, 0.4) is 0 Å². The predicted molar refractivity (Wildman–Crippen MR) is 63.8 cm³/mol. The van der Waals surface area contributed by atoms with Crippen LogP contribution in [-0.4, -0.2) is 5.91 Å². The van der Waals surface area contributed by atoms with Crippen LogP contribution in [0.25, 0.3) is 0 Å². The van der Waals surface area contributed by atoms with Crippen LogP contribution in [0, 0.1) is 11.3 Å². The number of allylic oxidation sites excluding steroid dienone is 1. The Bertz CT molecular complexity index is 210. The van der Waals surface area contributed by atoms with Gasteiger partial charge in [0.2, 0.25) is 5.91 Å². The molecule has 0 rings (SSSR count). The van der Waals surface area contributed by atoms with Crippen LogP contribution in [0.1, 0.15) is 34.6 Å². The number of carbonyl (C=O) groups excluding carboxylic acids is 1. The van der Waals surface area contributed by atoms with Gasteiger partial charge in [-0.2, -0.15) is 0 Å². The summed E-state index contributed by atoms with van der Waals surface area (Å²) in [4.78, 5) is 10.8. The molecule has 0 atom stereocenters. The minimum Gasteiger partial charge on any atom is -0.366 e. The van der Waals surface area contributed by atoms with Crippen molar-refractivity contribution >= 4 is 18.3 Å². The van der Waals surface area contributed by atoms with Crippen LogP contribution in [0.2, 0.25) is 0 Å². The fourth-order valence-electron chi connectivity index (χ4n) is 0.796. The normalized spacial score (nSPS) is 11.7. The third-order valence-electron chi connectivity index (χ3n) is 2.47. The first kappa shape index (κ1) is 19.1. The Balaban J connectivity index is -0.000000605. The van der Waals surface area contributed by atoms with E-state index in [0.29, 0.717) is 11.5 Å². The summed E-state index contributed by atoms with van der Waals surface area (Å²) in [7, 11) is 0. The van der Waals surface area contributed by atoms with Crippen molar-refractivity contribution in [3.63, 3.8) is 0 Å². The van der Waals surface area contributed by atoms with E-state index in [1.165, 1.54) is 0 Å². The van der Waals surface area contributed by atoms with Gasteiger partial charge in [0.05, 0.1) is 0 Å². The molecule has 0 aliphatic carbocycles. The standard InChI is InChI=1S/C10H19NO.ClH.H3N/c1-7(2)10(4,5)6-8(3)9(11)12;;/h6-7H,1-5H3,(H2,11,12);1H;1H3. The lowest BCUT2D eigenvalue weighted by Crippen LogP contribution is -2.20. The van der Waals surface area contributed by atoms with Crippen LogP contribution in [-0.2, 0) is 4.79 Å². The second-order valence-corrected chi connectivity index (χ2v) is 4.17. The molecule has 5 N–H and O–H groups in total. The number of nitrogens with two attached hydrogens (primary N) is 1. The molecule has 0 aromatic heterocycles. The van der Waals surface area contributed by atoms with Crippen molar-refractivity contribution in [2.45, 2.75) is 34.6 Å². The fraction of sp³-hybridized carbons (Fsp3) is 0.700. The first-order valence-corrected chi connectivity index (χ1v) is 4.26. The van der Waals surface area contributed by atoms with Crippen molar-refractivity contribution in [3.8, 4) is 0 Å². The summed E-state index contributed by atoms with van der Waals surface area (Å²) >= 11 is 0. The van der Waals surface area contributed by atoms with Gasteiger partial charge in [-0.25, -0.2) is 0 Å². The molecule has 0 fully saturated rings. The van der Waals surface area contributed by atoms with E-state index in [4.69, 9.17) is 5.73 Å². The summed E-state index contributed by atoms with van der Waals surface area (Å²) in [5.74, 6) is 0.176. The Hall–Kier alpha value is -0.540. The van der Waals surface area contributed by atoms with E-state index in [0.717, 1.165) is 0 Å². The summed E-state index contributed by atoms with van der Waals surface area (Å²) in [6.45, 7) is 10.2. The van der Waals surface area contributed by atoms with E-state index >= 15 is 0 Å². The summed E-state index contributed by atoms with van der Waals surface area (Å²) in [6.07, 6.45) is 1.94. The van der Waals surface area contributed by atoms with Gasteiger partial charge in [0, 0.05) is 5.57 Å². The zero-order valence-electron chi connectivity index (χ0n) is 9.76. The molecule has 0 unspecified atom stereocenters. The molecule has 0 aromatic carbocycles. The number of hydrogen-bond acceptors (Lipinski definition) is 2.